The summed E-state index contributed by atoms with van der Waals surface area (Å²) in [4.78, 5) is 15.7. The van der Waals surface area contributed by atoms with E-state index in [2.05, 4.69) is 10.2 Å². The van der Waals surface area contributed by atoms with Gasteiger partial charge in [-0.2, -0.15) is 5.10 Å². The Morgan fingerprint density at radius 2 is 1.54 bits per heavy atom. The van der Waals surface area contributed by atoms with Crippen molar-refractivity contribution in [3.8, 4) is 45.8 Å². The number of aromatic amines is 1. The van der Waals surface area contributed by atoms with Gasteiger partial charge < -0.3 is 33.7 Å². The first-order valence-electron chi connectivity index (χ1n) is 13.0. The van der Waals surface area contributed by atoms with Crippen LogP contribution in [0.15, 0.2) is 48.5 Å². The number of aromatic hydroxyl groups is 1. The fraction of sp³-hybridized carbons (Fsp3) is 0.290. The molecule has 1 aliphatic rings. The van der Waals surface area contributed by atoms with Gasteiger partial charge in [0.25, 0.3) is 5.91 Å². The van der Waals surface area contributed by atoms with E-state index in [1.165, 1.54) is 0 Å². The summed E-state index contributed by atoms with van der Waals surface area (Å²) in [6.45, 7) is 2.32. The standard InChI is InChI=1S/C31H33N3O7/c1-17-7-9-21(35)20(13-17)27-26-28(33-32-27)31(36)34(12-11-18-8-10-22(37-2)23(14-18)38-3)29(26)19-15-24(39-4)30(41-6)25(16-19)40-5/h7-10,13-16,29,35H,11-12H2,1-6H3,(H,32,33)/t29-/m0/s1. The van der Waals surface area contributed by atoms with E-state index in [9.17, 15) is 9.90 Å². The van der Waals surface area contributed by atoms with E-state index in [0.717, 1.165) is 16.7 Å². The van der Waals surface area contributed by atoms with Crippen LogP contribution in [0.4, 0.5) is 0 Å². The number of carbonyl (C=O) groups is 1. The third kappa shape index (κ3) is 4.86. The number of benzene rings is 3. The number of carbonyl (C=O) groups excluding carboxylic acids is 1. The Balaban J connectivity index is 1.63. The number of nitrogens with zero attached hydrogens (tertiary/aromatic N) is 2. The Labute approximate surface area is 238 Å². The van der Waals surface area contributed by atoms with Crippen molar-refractivity contribution in [2.24, 2.45) is 0 Å². The quantitative estimate of drug-likeness (QED) is 0.281. The molecule has 5 rings (SSSR count). The molecule has 0 aliphatic carbocycles. The molecule has 1 amide bonds. The molecule has 0 unspecified atom stereocenters. The van der Waals surface area contributed by atoms with Gasteiger partial charge in [-0.15, -0.1) is 0 Å². The van der Waals surface area contributed by atoms with Gasteiger partial charge in [0, 0.05) is 17.7 Å². The molecule has 0 bridgehead atoms. The molecule has 1 aliphatic heterocycles. The highest BCUT2D eigenvalue weighted by atomic mass is 16.5. The minimum atomic E-state index is -0.556. The van der Waals surface area contributed by atoms with Crippen molar-refractivity contribution in [1.29, 1.82) is 0 Å². The Morgan fingerprint density at radius 3 is 2.17 bits per heavy atom. The summed E-state index contributed by atoms with van der Waals surface area (Å²) in [6.07, 6.45) is 0.551. The van der Waals surface area contributed by atoms with Crippen LogP contribution < -0.4 is 23.7 Å². The molecule has 1 aromatic heterocycles. The lowest BCUT2D eigenvalue weighted by molar-refractivity contribution is 0.0745. The van der Waals surface area contributed by atoms with E-state index in [-0.39, 0.29) is 11.7 Å². The van der Waals surface area contributed by atoms with Gasteiger partial charge in [0.15, 0.2) is 23.0 Å². The van der Waals surface area contributed by atoms with Crippen LogP contribution in [0.25, 0.3) is 11.3 Å². The predicted octanol–water partition coefficient (Wildman–Crippen LogP) is 4.92. The second-order valence-corrected chi connectivity index (χ2v) is 9.68. The van der Waals surface area contributed by atoms with E-state index in [1.54, 1.807) is 46.5 Å². The van der Waals surface area contributed by atoms with Crippen LogP contribution in [0.1, 0.15) is 38.8 Å². The van der Waals surface area contributed by atoms with E-state index < -0.39 is 6.04 Å². The molecule has 1 atom stereocenters. The fourth-order valence-corrected chi connectivity index (χ4v) is 5.36. The number of H-pyrrole nitrogens is 1. The van der Waals surface area contributed by atoms with Gasteiger partial charge in [0.2, 0.25) is 5.75 Å². The maximum absolute atomic E-state index is 13.9. The lowest BCUT2D eigenvalue weighted by Gasteiger charge is -2.27. The predicted molar refractivity (Wildman–Crippen MR) is 153 cm³/mol. The summed E-state index contributed by atoms with van der Waals surface area (Å²) in [6, 6.07) is 14.1. The zero-order chi connectivity index (χ0) is 29.3. The summed E-state index contributed by atoms with van der Waals surface area (Å²) in [5.74, 6) is 2.49. The Morgan fingerprint density at radius 1 is 0.854 bits per heavy atom. The van der Waals surface area contributed by atoms with Crippen molar-refractivity contribution >= 4 is 5.91 Å². The average Bonchev–Trinajstić information content (AvgIpc) is 3.54. The number of amides is 1. The van der Waals surface area contributed by atoms with Crippen LogP contribution in [-0.4, -0.2) is 68.2 Å². The fourth-order valence-electron chi connectivity index (χ4n) is 5.36. The molecule has 10 nitrogen and oxygen atoms in total. The van der Waals surface area contributed by atoms with Crippen molar-refractivity contribution in [1.82, 2.24) is 15.1 Å². The van der Waals surface area contributed by atoms with Crippen LogP contribution in [0.3, 0.4) is 0 Å². The maximum atomic E-state index is 13.9. The first kappa shape index (κ1) is 27.7. The highest BCUT2D eigenvalue weighted by molar-refractivity contribution is 6.00. The van der Waals surface area contributed by atoms with Gasteiger partial charge in [0.05, 0.1) is 41.6 Å². The van der Waals surface area contributed by atoms with Crippen molar-refractivity contribution in [2.75, 3.05) is 42.1 Å². The van der Waals surface area contributed by atoms with Crippen molar-refractivity contribution in [3.05, 3.63) is 76.5 Å². The second-order valence-electron chi connectivity index (χ2n) is 9.68. The van der Waals surface area contributed by atoms with Crippen molar-refractivity contribution < 1.29 is 33.6 Å². The molecule has 0 saturated heterocycles. The second kappa shape index (κ2) is 11.3. The molecule has 0 spiro atoms. The smallest absolute Gasteiger partial charge is 0.273 e. The SMILES string of the molecule is COc1ccc(CCN2C(=O)c3[nH]nc(-c4cc(C)ccc4O)c3[C@@H]2c2cc(OC)c(OC)c(OC)c2)cc1OC. The van der Waals surface area contributed by atoms with Gasteiger partial charge in [0.1, 0.15) is 17.1 Å². The zero-order valence-corrected chi connectivity index (χ0v) is 23.9. The lowest BCUT2D eigenvalue weighted by Crippen LogP contribution is -2.31. The summed E-state index contributed by atoms with van der Waals surface area (Å²) in [5, 5.41) is 18.2. The third-order valence-corrected chi connectivity index (χ3v) is 7.36. The average molecular weight is 560 g/mol. The van der Waals surface area contributed by atoms with Gasteiger partial charge in [-0.3, -0.25) is 9.89 Å². The minimum absolute atomic E-state index is 0.0739. The van der Waals surface area contributed by atoms with Crippen molar-refractivity contribution in [3.63, 3.8) is 0 Å². The van der Waals surface area contributed by atoms with E-state index >= 15 is 0 Å². The Hall–Kier alpha value is -4.86. The Kier molecular flexibility index (Phi) is 7.65. The highest BCUT2D eigenvalue weighted by Crippen LogP contribution is 2.48. The van der Waals surface area contributed by atoms with Gasteiger partial charge >= 0.3 is 0 Å². The molecule has 0 fully saturated rings. The first-order valence-corrected chi connectivity index (χ1v) is 13.0. The summed E-state index contributed by atoms with van der Waals surface area (Å²) >= 11 is 0. The van der Waals surface area contributed by atoms with E-state index in [1.807, 2.05) is 49.4 Å². The topological polar surface area (TPSA) is 115 Å². The van der Waals surface area contributed by atoms with Gasteiger partial charge in [-0.25, -0.2) is 0 Å². The molecular weight excluding hydrogens is 526 g/mol. The number of aromatic nitrogens is 2. The number of ether oxygens (including phenoxy) is 5. The largest absolute Gasteiger partial charge is 0.507 e. The number of hydrogen-bond acceptors (Lipinski definition) is 8. The summed E-state index contributed by atoms with van der Waals surface area (Å²) in [5.41, 5.74) is 4.74. The third-order valence-electron chi connectivity index (χ3n) is 7.36. The highest BCUT2D eigenvalue weighted by Gasteiger charge is 2.43. The normalized spacial score (nSPS) is 14.1. The molecule has 2 N–H and O–H groups in total. The number of nitrogens with one attached hydrogen (secondary N) is 1. The van der Waals surface area contributed by atoms with E-state index in [0.29, 0.717) is 64.2 Å². The maximum Gasteiger partial charge on any atom is 0.273 e. The molecule has 41 heavy (non-hydrogen) atoms. The molecular formula is C31H33N3O7. The molecule has 10 heteroatoms. The summed E-state index contributed by atoms with van der Waals surface area (Å²) < 4.78 is 27.7. The van der Waals surface area contributed by atoms with Crippen LogP contribution in [-0.2, 0) is 6.42 Å². The van der Waals surface area contributed by atoms with Crippen LogP contribution in [0.2, 0.25) is 0 Å². The zero-order valence-electron chi connectivity index (χ0n) is 23.9. The summed E-state index contributed by atoms with van der Waals surface area (Å²) in [7, 11) is 7.83. The van der Waals surface area contributed by atoms with Crippen LogP contribution >= 0.6 is 0 Å². The minimum Gasteiger partial charge on any atom is -0.507 e. The number of phenolic OH excluding ortho intramolecular Hbond substituents is 1. The molecule has 0 saturated carbocycles. The molecule has 4 aromatic rings. The molecule has 3 aromatic carbocycles. The van der Waals surface area contributed by atoms with Gasteiger partial charge in [-0.1, -0.05) is 17.7 Å². The van der Waals surface area contributed by atoms with Gasteiger partial charge in [-0.05, 0) is 60.9 Å². The van der Waals surface area contributed by atoms with Crippen molar-refractivity contribution in [2.45, 2.75) is 19.4 Å². The first-order chi connectivity index (χ1) is 19.8. The number of rotatable bonds is 10. The van der Waals surface area contributed by atoms with Crippen LogP contribution in [0.5, 0.6) is 34.5 Å². The number of hydrogen-bond donors (Lipinski definition) is 2. The molecule has 214 valence electrons. The number of aryl methyl sites for hydroxylation is 1. The number of phenols is 1. The number of methoxy groups -OCH3 is 5. The monoisotopic (exact) mass is 559 g/mol. The number of fused-ring (bicyclic) bond motifs is 1. The lowest BCUT2D eigenvalue weighted by atomic mass is 9.94. The Bertz CT molecular complexity index is 1570. The van der Waals surface area contributed by atoms with Crippen LogP contribution in [0, 0.1) is 6.92 Å². The molecule has 2 heterocycles. The van der Waals surface area contributed by atoms with E-state index in [4.69, 9.17) is 23.7 Å². The molecule has 0 radical (unpaired) electrons.